The lowest BCUT2D eigenvalue weighted by Gasteiger charge is -2.17. The SMILES string of the molecule is CCNC(CCc1ccsc1)Cc1ccccn1. The molecule has 2 aromatic heterocycles. The van der Waals surface area contributed by atoms with Crippen molar-refractivity contribution in [2.45, 2.75) is 32.2 Å². The number of nitrogens with one attached hydrogen (secondary N) is 1. The highest BCUT2D eigenvalue weighted by atomic mass is 32.1. The Hall–Kier alpha value is -1.19. The summed E-state index contributed by atoms with van der Waals surface area (Å²) in [7, 11) is 0. The smallest absolute Gasteiger partial charge is 0.0419 e. The predicted octanol–water partition coefficient (Wildman–Crippen LogP) is 3.30. The number of aryl methyl sites for hydroxylation is 1. The van der Waals surface area contributed by atoms with Gasteiger partial charge in [-0.1, -0.05) is 13.0 Å². The van der Waals surface area contributed by atoms with E-state index in [1.165, 1.54) is 17.7 Å². The zero-order chi connectivity index (χ0) is 12.6. The van der Waals surface area contributed by atoms with Gasteiger partial charge in [-0.3, -0.25) is 4.98 Å². The summed E-state index contributed by atoms with van der Waals surface area (Å²) in [5.74, 6) is 0. The molecule has 0 fully saturated rings. The van der Waals surface area contributed by atoms with Crippen LogP contribution in [0, 0.1) is 0 Å². The highest BCUT2D eigenvalue weighted by molar-refractivity contribution is 7.07. The Morgan fingerprint density at radius 3 is 2.94 bits per heavy atom. The second-order valence-electron chi connectivity index (χ2n) is 4.45. The van der Waals surface area contributed by atoms with Crippen molar-refractivity contribution >= 4 is 11.3 Å². The van der Waals surface area contributed by atoms with Crippen LogP contribution in [0.25, 0.3) is 0 Å². The predicted molar refractivity (Wildman–Crippen MR) is 78.0 cm³/mol. The van der Waals surface area contributed by atoms with Gasteiger partial charge in [-0.05, 0) is 53.9 Å². The van der Waals surface area contributed by atoms with Gasteiger partial charge in [0.05, 0.1) is 0 Å². The molecular weight excluding hydrogens is 240 g/mol. The number of nitrogens with zero attached hydrogens (tertiary/aromatic N) is 1. The summed E-state index contributed by atoms with van der Waals surface area (Å²) in [5.41, 5.74) is 2.62. The Labute approximate surface area is 113 Å². The molecule has 2 aromatic rings. The number of thiophene rings is 1. The summed E-state index contributed by atoms with van der Waals surface area (Å²) in [6.07, 6.45) is 5.20. The van der Waals surface area contributed by atoms with Crippen LogP contribution in [0.4, 0.5) is 0 Å². The second-order valence-corrected chi connectivity index (χ2v) is 5.23. The lowest BCUT2D eigenvalue weighted by Crippen LogP contribution is -2.31. The maximum Gasteiger partial charge on any atom is 0.0419 e. The van der Waals surface area contributed by atoms with Crippen LogP contribution in [0.15, 0.2) is 41.2 Å². The number of aromatic nitrogens is 1. The van der Waals surface area contributed by atoms with E-state index in [1.54, 1.807) is 11.3 Å². The van der Waals surface area contributed by atoms with Crippen LogP contribution in [-0.4, -0.2) is 17.6 Å². The lowest BCUT2D eigenvalue weighted by molar-refractivity contribution is 0.487. The molecule has 0 spiro atoms. The van der Waals surface area contributed by atoms with Gasteiger partial charge >= 0.3 is 0 Å². The summed E-state index contributed by atoms with van der Waals surface area (Å²) in [6, 6.07) is 8.87. The molecular formula is C15H20N2S. The Morgan fingerprint density at radius 2 is 2.28 bits per heavy atom. The summed E-state index contributed by atoms with van der Waals surface area (Å²) in [6.45, 7) is 3.18. The van der Waals surface area contributed by atoms with E-state index in [0.717, 1.165) is 19.4 Å². The van der Waals surface area contributed by atoms with Gasteiger partial charge in [0, 0.05) is 24.4 Å². The Morgan fingerprint density at radius 1 is 1.33 bits per heavy atom. The minimum absolute atomic E-state index is 0.518. The van der Waals surface area contributed by atoms with Crippen LogP contribution in [0.2, 0.25) is 0 Å². The van der Waals surface area contributed by atoms with Gasteiger partial charge in [0.25, 0.3) is 0 Å². The molecule has 2 heterocycles. The van der Waals surface area contributed by atoms with Gasteiger partial charge in [-0.2, -0.15) is 11.3 Å². The van der Waals surface area contributed by atoms with Crippen LogP contribution in [0.1, 0.15) is 24.6 Å². The van der Waals surface area contributed by atoms with E-state index in [-0.39, 0.29) is 0 Å². The topological polar surface area (TPSA) is 24.9 Å². The molecule has 0 bridgehead atoms. The minimum Gasteiger partial charge on any atom is -0.314 e. The molecule has 0 aliphatic carbocycles. The minimum atomic E-state index is 0.518. The van der Waals surface area contributed by atoms with Gasteiger partial charge < -0.3 is 5.32 Å². The number of hydrogen-bond acceptors (Lipinski definition) is 3. The first-order chi connectivity index (χ1) is 8.88. The molecule has 1 atom stereocenters. The first kappa shape index (κ1) is 13.2. The first-order valence-corrected chi connectivity index (χ1v) is 7.47. The molecule has 0 aliphatic rings. The van der Waals surface area contributed by atoms with Crippen LogP contribution >= 0.6 is 11.3 Å². The molecule has 0 saturated heterocycles. The van der Waals surface area contributed by atoms with E-state index in [2.05, 4.69) is 46.2 Å². The van der Waals surface area contributed by atoms with Crippen molar-refractivity contribution in [3.05, 3.63) is 52.5 Å². The van der Waals surface area contributed by atoms with Crippen molar-refractivity contribution in [1.82, 2.24) is 10.3 Å². The van der Waals surface area contributed by atoms with E-state index >= 15 is 0 Å². The molecule has 2 nitrogen and oxygen atoms in total. The monoisotopic (exact) mass is 260 g/mol. The molecule has 0 saturated carbocycles. The molecule has 1 N–H and O–H groups in total. The van der Waals surface area contributed by atoms with Gasteiger partial charge in [0.15, 0.2) is 0 Å². The average Bonchev–Trinajstić information content (AvgIpc) is 2.91. The van der Waals surface area contributed by atoms with Crippen LogP contribution in [0.3, 0.4) is 0 Å². The molecule has 96 valence electrons. The zero-order valence-electron chi connectivity index (χ0n) is 10.8. The lowest BCUT2D eigenvalue weighted by atomic mass is 10.0. The maximum atomic E-state index is 4.41. The van der Waals surface area contributed by atoms with E-state index in [9.17, 15) is 0 Å². The standard InChI is InChI=1S/C15H20N2S/c1-2-16-15(7-6-13-8-10-18-12-13)11-14-5-3-4-9-17-14/h3-5,8-10,12,15-16H,2,6-7,11H2,1H3. The van der Waals surface area contributed by atoms with Gasteiger partial charge in [0.2, 0.25) is 0 Å². The summed E-state index contributed by atoms with van der Waals surface area (Å²) < 4.78 is 0. The van der Waals surface area contributed by atoms with Crippen molar-refractivity contribution in [1.29, 1.82) is 0 Å². The van der Waals surface area contributed by atoms with Crippen molar-refractivity contribution in [2.24, 2.45) is 0 Å². The molecule has 18 heavy (non-hydrogen) atoms. The van der Waals surface area contributed by atoms with Crippen LogP contribution in [-0.2, 0) is 12.8 Å². The van der Waals surface area contributed by atoms with E-state index in [0.29, 0.717) is 6.04 Å². The van der Waals surface area contributed by atoms with Gasteiger partial charge in [-0.25, -0.2) is 0 Å². The fourth-order valence-electron chi connectivity index (χ4n) is 2.11. The number of pyridine rings is 1. The number of hydrogen-bond donors (Lipinski definition) is 1. The molecule has 0 radical (unpaired) electrons. The quantitative estimate of drug-likeness (QED) is 0.826. The summed E-state index contributed by atoms with van der Waals surface area (Å²) in [5, 5.41) is 7.95. The van der Waals surface area contributed by atoms with Gasteiger partial charge in [-0.15, -0.1) is 0 Å². The summed E-state index contributed by atoms with van der Waals surface area (Å²) in [4.78, 5) is 4.41. The second kappa shape index (κ2) is 7.29. The molecule has 2 rings (SSSR count). The van der Waals surface area contributed by atoms with Crippen molar-refractivity contribution < 1.29 is 0 Å². The van der Waals surface area contributed by atoms with E-state index in [1.807, 2.05) is 12.3 Å². The first-order valence-electron chi connectivity index (χ1n) is 6.53. The van der Waals surface area contributed by atoms with Crippen molar-refractivity contribution in [3.8, 4) is 0 Å². The molecule has 0 amide bonds. The van der Waals surface area contributed by atoms with Gasteiger partial charge in [0.1, 0.15) is 0 Å². The fraction of sp³-hybridized carbons (Fsp3) is 0.400. The third-order valence-corrected chi connectivity index (χ3v) is 3.77. The molecule has 3 heteroatoms. The van der Waals surface area contributed by atoms with Crippen molar-refractivity contribution in [2.75, 3.05) is 6.54 Å². The zero-order valence-corrected chi connectivity index (χ0v) is 11.6. The van der Waals surface area contributed by atoms with Crippen LogP contribution in [0.5, 0.6) is 0 Å². The Balaban J connectivity index is 1.87. The van der Waals surface area contributed by atoms with Crippen LogP contribution < -0.4 is 5.32 Å². The molecule has 0 aromatic carbocycles. The van der Waals surface area contributed by atoms with E-state index in [4.69, 9.17) is 0 Å². The number of likely N-dealkylation sites (N-methyl/N-ethyl adjacent to an activating group) is 1. The molecule has 0 aliphatic heterocycles. The third kappa shape index (κ3) is 4.24. The Bertz CT molecular complexity index is 425. The maximum absolute atomic E-state index is 4.41. The Kier molecular flexibility index (Phi) is 5.36. The fourth-order valence-corrected chi connectivity index (χ4v) is 2.82. The number of rotatable bonds is 7. The third-order valence-electron chi connectivity index (χ3n) is 3.04. The molecule has 1 unspecified atom stereocenters. The highest BCUT2D eigenvalue weighted by Crippen LogP contribution is 2.11. The highest BCUT2D eigenvalue weighted by Gasteiger charge is 2.09. The van der Waals surface area contributed by atoms with E-state index < -0.39 is 0 Å². The van der Waals surface area contributed by atoms with Crippen molar-refractivity contribution in [3.63, 3.8) is 0 Å². The normalized spacial score (nSPS) is 12.5. The summed E-state index contributed by atoms with van der Waals surface area (Å²) >= 11 is 1.78. The largest absolute Gasteiger partial charge is 0.314 e. The average molecular weight is 260 g/mol.